The summed E-state index contributed by atoms with van der Waals surface area (Å²) in [5, 5.41) is 22.2. The SMILES string of the molecule is CC(O)(C(=O)Nc1ccc2c(N)noc2c1)C1OCCN(c2ccn(-c3ccc(=O)[nH]c3)n2)C1=O. The Hall–Kier alpha value is -4.49. The highest BCUT2D eigenvalue weighted by Gasteiger charge is 2.48. The summed E-state index contributed by atoms with van der Waals surface area (Å²) in [7, 11) is 0. The summed E-state index contributed by atoms with van der Waals surface area (Å²) in [6.07, 6.45) is 1.64. The molecule has 1 saturated heterocycles. The average molecular weight is 479 g/mol. The average Bonchev–Trinajstić information content (AvgIpc) is 3.47. The first kappa shape index (κ1) is 22.3. The number of carbonyl (C=O) groups excluding carboxylic acids is 2. The molecule has 0 saturated carbocycles. The number of carbonyl (C=O) groups is 2. The molecule has 2 atom stereocenters. The summed E-state index contributed by atoms with van der Waals surface area (Å²) in [6, 6.07) is 9.25. The van der Waals surface area contributed by atoms with Crippen molar-refractivity contribution in [1.82, 2.24) is 19.9 Å². The number of morpholine rings is 1. The zero-order valence-electron chi connectivity index (χ0n) is 18.5. The Bertz CT molecular complexity index is 1470. The standard InChI is InChI=1S/C22H21N7O6/c1-22(33,21(32)25-12-2-4-14-15(10-12)35-27-19(14)23)18-20(31)28(8-9-34-18)16-6-7-29(26-16)13-3-5-17(30)24-11-13/h2-7,10-11,18,33H,8-9H2,1H3,(H2,23,27)(H,24,30)(H,25,32). The number of fused-ring (bicyclic) bond motifs is 1. The maximum absolute atomic E-state index is 13.2. The van der Waals surface area contributed by atoms with Gasteiger partial charge in [0.15, 0.2) is 28.9 Å². The molecule has 1 aliphatic rings. The summed E-state index contributed by atoms with van der Waals surface area (Å²) >= 11 is 0. The van der Waals surface area contributed by atoms with Gasteiger partial charge in [-0.05, 0) is 25.1 Å². The van der Waals surface area contributed by atoms with Gasteiger partial charge in [0.2, 0.25) is 5.56 Å². The Balaban J connectivity index is 1.34. The van der Waals surface area contributed by atoms with E-state index >= 15 is 0 Å². The first-order chi connectivity index (χ1) is 16.7. The van der Waals surface area contributed by atoms with Gasteiger partial charge in [-0.25, -0.2) is 4.68 Å². The molecule has 35 heavy (non-hydrogen) atoms. The lowest BCUT2D eigenvalue weighted by Crippen LogP contribution is -2.61. The number of rotatable bonds is 5. The first-order valence-electron chi connectivity index (χ1n) is 10.6. The fourth-order valence-corrected chi connectivity index (χ4v) is 3.77. The molecule has 5 rings (SSSR count). The summed E-state index contributed by atoms with van der Waals surface area (Å²) in [6.45, 7) is 1.46. The van der Waals surface area contributed by atoms with Crippen molar-refractivity contribution in [2.24, 2.45) is 0 Å². The molecule has 0 radical (unpaired) electrons. The number of nitrogen functional groups attached to an aromatic ring is 1. The molecule has 0 aliphatic carbocycles. The van der Waals surface area contributed by atoms with Gasteiger partial charge in [0.1, 0.15) is 0 Å². The lowest BCUT2D eigenvalue weighted by Gasteiger charge is -2.37. The smallest absolute Gasteiger partial charge is 0.260 e. The molecule has 1 aromatic carbocycles. The van der Waals surface area contributed by atoms with Crippen LogP contribution in [0.15, 0.2) is 58.1 Å². The summed E-state index contributed by atoms with van der Waals surface area (Å²) in [5.74, 6) is -0.946. The van der Waals surface area contributed by atoms with E-state index in [4.69, 9.17) is 15.0 Å². The van der Waals surface area contributed by atoms with Crippen LogP contribution in [0.5, 0.6) is 0 Å². The summed E-state index contributed by atoms with van der Waals surface area (Å²) < 4.78 is 12.1. The van der Waals surface area contributed by atoms with Crippen molar-refractivity contribution in [3.63, 3.8) is 0 Å². The van der Waals surface area contributed by atoms with Gasteiger partial charge in [-0.1, -0.05) is 5.16 Å². The molecule has 2 unspecified atom stereocenters. The number of benzene rings is 1. The Morgan fingerprint density at radius 2 is 2.11 bits per heavy atom. The van der Waals surface area contributed by atoms with E-state index < -0.39 is 23.5 Å². The molecule has 2 amide bonds. The number of aromatic nitrogens is 4. The minimum absolute atomic E-state index is 0.0780. The highest BCUT2D eigenvalue weighted by atomic mass is 16.5. The molecule has 0 bridgehead atoms. The normalized spacial score (nSPS) is 17.9. The minimum atomic E-state index is -2.20. The van der Waals surface area contributed by atoms with E-state index in [0.29, 0.717) is 28.2 Å². The Morgan fingerprint density at radius 3 is 2.89 bits per heavy atom. The predicted octanol–water partition coefficient (Wildman–Crippen LogP) is 0.405. The van der Waals surface area contributed by atoms with Gasteiger partial charge in [-0.2, -0.15) is 0 Å². The van der Waals surface area contributed by atoms with Gasteiger partial charge in [-0.3, -0.25) is 19.3 Å². The Kier molecular flexibility index (Phi) is 5.34. The molecule has 4 heterocycles. The van der Waals surface area contributed by atoms with Crippen LogP contribution in [0.4, 0.5) is 17.3 Å². The second-order valence-electron chi connectivity index (χ2n) is 8.15. The molecular weight excluding hydrogens is 458 g/mol. The number of hydrogen-bond acceptors (Lipinski definition) is 9. The second kappa shape index (κ2) is 8.38. The number of nitrogens with two attached hydrogens (primary N) is 1. The van der Waals surface area contributed by atoms with Crippen molar-refractivity contribution in [1.29, 1.82) is 0 Å². The van der Waals surface area contributed by atoms with Crippen LogP contribution in [0.3, 0.4) is 0 Å². The van der Waals surface area contributed by atoms with Gasteiger partial charge in [-0.15, -0.1) is 5.10 Å². The van der Waals surface area contributed by atoms with Gasteiger partial charge in [0.05, 0.1) is 24.2 Å². The second-order valence-corrected chi connectivity index (χ2v) is 8.15. The van der Waals surface area contributed by atoms with E-state index in [2.05, 4.69) is 20.6 Å². The fourth-order valence-electron chi connectivity index (χ4n) is 3.77. The number of aromatic amines is 1. The van der Waals surface area contributed by atoms with Crippen molar-refractivity contribution in [3.8, 4) is 5.69 Å². The number of ether oxygens (including phenoxy) is 1. The van der Waals surface area contributed by atoms with E-state index in [1.807, 2.05) is 0 Å². The maximum Gasteiger partial charge on any atom is 0.260 e. The van der Waals surface area contributed by atoms with Crippen LogP contribution in [0.2, 0.25) is 0 Å². The maximum atomic E-state index is 13.2. The van der Waals surface area contributed by atoms with E-state index in [1.54, 1.807) is 30.5 Å². The zero-order valence-corrected chi connectivity index (χ0v) is 18.5. The molecular formula is C22H21N7O6. The first-order valence-corrected chi connectivity index (χ1v) is 10.6. The van der Waals surface area contributed by atoms with Crippen LogP contribution in [-0.4, -0.2) is 61.7 Å². The molecule has 3 aromatic heterocycles. The summed E-state index contributed by atoms with van der Waals surface area (Å²) in [5.41, 5.74) is 4.51. The predicted molar refractivity (Wildman–Crippen MR) is 124 cm³/mol. The van der Waals surface area contributed by atoms with Crippen LogP contribution in [0.25, 0.3) is 16.7 Å². The van der Waals surface area contributed by atoms with Crippen LogP contribution in [0, 0.1) is 0 Å². The highest BCUT2D eigenvalue weighted by molar-refractivity contribution is 6.06. The van der Waals surface area contributed by atoms with E-state index in [9.17, 15) is 19.5 Å². The molecule has 180 valence electrons. The lowest BCUT2D eigenvalue weighted by atomic mass is 9.95. The van der Waals surface area contributed by atoms with Gasteiger partial charge >= 0.3 is 0 Å². The van der Waals surface area contributed by atoms with E-state index in [0.717, 1.165) is 0 Å². The largest absolute Gasteiger partial charge is 0.380 e. The number of amides is 2. The number of aliphatic hydroxyl groups is 1. The van der Waals surface area contributed by atoms with Crippen LogP contribution >= 0.6 is 0 Å². The van der Waals surface area contributed by atoms with Gasteiger partial charge in [0.25, 0.3) is 11.8 Å². The molecule has 13 nitrogen and oxygen atoms in total. The quantitative estimate of drug-likeness (QED) is 0.315. The third-order valence-electron chi connectivity index (χ3n) is 5.70. The van der Waals surface area contributed by atoms with Crippen molar-refractivity contribution in [3.05, 3.63) is 59.1 Å². The Labute approximate surface area is 197 Å². The molecule has 4 aromatic rings. The van der Waals surface area contributed by atoms with Gasteiger partial charge < -0.3 is 30.4 Å². The Morgan fingerprint density at radius 1 is 1.29 bits per heavy atom. The zero-order chi connectivity index (χ0) is 24.7. The van der Waals surface area contributed by atoms with Crippen LogP contribution < -0.4 is 21.5 Å². The monoisotopic (exact) mass is 479 g/mol. The highest BCUT2D eigenvalue weighted by Crippen LogP contribution is 2.27. The van der Waals surface area contributed by atoms with Gasteiger partial charge in [0, 0.05) is 36.3 Å². The van der Waals surface area contributed by atoms with E-state index in [-0.39, 0.29) is 24.5 Å². The number of pyridine rings is 1. The topological polar surface area (TPSA) is 182 Å². The third kappa shape index (κ3) is 4.02. The summed E-state index contributed by atoms with van der Waals surface area (Å²) in [4.78, 5) is 41.4. The molecule has 0 spiro atoms. The minimum Gasteiger partial charge on any atom is -0.380 e. The molecule has 1 fully saturated rings. The third-order valence-corrected chi connectivity index (χ3v) is 5.70. The number of H-pyrrole nitrogens is 1. The lowest BCUT2D eigenvalue weighted by molar-refractivity contribution is -0.165. The van der Waals surface area contributed by atoms with Crippen molar-refractivity contribution in [2.75, 3.05) is 29.1 Å². The fraction of sp³-hybridized carbons (Fsp3) is 0.227. The number of hydrogen-bond donors (Lipinski definition) is 4. The van der Waals surface area contributed by atoms with Crippen molar-refractivity contribution in [2.45, 2.75) is 18.6 Å². The van der Waals surface area contributed by atoms with Crippen LogP contribution in [-0.2, 0) is 14.3 Å². The molecule has 5 N–H and O–H groups in total. The van der Waals surface area contributed by atoms with Crippen LogP contribution in [0.1, 0.15) is 6.92 Å². The van der Waals surface area contributed by atoms with Crippen molar-refractivity contribution < 1.29 is 24.0 Å². The number of anilines is 3. The number of nitrogens with zero attached hydrogens (tertiary/aromatic N) is 4. The van der Waals surface area contributed by atoms with E-state index in [1.165, 1.54) is 34.8 Å². The van der Waals surface area contributed by atoms with Crippen molar-refractivity contribution >= 4 is 40.1 Å². The molecule has 13 heteroatoms. The molecule has 1 aliphatic heterocycles. The number of nitrogens with one attached hydrogen (secondary N) is 2.